The Hall–Kier alpha value is -3.33. The van der Waals surface area contributed by atoms with Gasteiger partial charge in [0.1, 0.15) is 0 Å². The smallest absolute Gasteiger partial charge is 0.358 e. The second kappa shape index (κ2) is 6.89. The molecule has 4 aromatic rings. The van der Waals surface area contributed by atoms with Gasteiger partial charge in [-0.1, -0.05) is 30.3 Å². The van der Waals surface area contributed by atoms with Crippen LogP contribution >= 0.6 is 11.3 Å². The van der Waals surface area contributed by atoms with Gasteiger partial charge in [-0.15, -0.1) is 26.6 Å². The quantitative estimate of drug-likeness (QED) is 0.542. The van der Waals surface area contributed by atoms with Crippen molar-refractivity contribution >= 4 is 34.0 Å². The number of ether oxygens (including phenoxy) is 1. The lowest BCUT2D eigenvalue weighted by atomic mass is 10.2. The summed E-state index contributed by atoms with van der Waals surface area (Å²) in [5.41, 5.74) is 2.19. The predicted octanol–water partition coefficient (Wildman–Crippen LogP) is 3.17. The van der Waals surface area contributed by atoms with Crippen LogP contribution < -0.4 is 5.32 Å². The molecule has 0 radical (unpaired) electrons. The van der Waals surface area contributed by atoms with Crippen molar-refractivity contribution in [3.05, 3.63) is 53.5 Å². The molecule has 0 unspecified atom stereocenters. The van der Waals surface area contributed by atoms with Crippen LogP contribution in [0.25, 0.3) is 16.2 Å². The van der Waals surface area contributed by atoms with Gasteiger partial charge in [-0.2, -0.15) is 4.98 Å². The van der Waals surface area contributed by atoms with Gasteiger partial charge >= 0.3 is 5.97 Å². The standard InChI is InChI=1S/C17H14N6O2S/c1-2-25-15(24)12-8-9-14(21-20-12)18-16-19-17-23(22-16)13(10-26-17)11-6-4-3-5-7-11/h3-10H,2H2,1H3,(H,18,21,22). The molecule has 1 aromatic carbocycles. The highest BCUT2D eigenvalue weighted by Crippen LogP contribution is 2.26. The van der Waals surface area contributed by atoms with E-state index in [1.807, 2.05) is 35.7 Å². The molecule has 0 bridgehead atoms. The zero-order valence-electron chi connectivity index (χ0n) is 13.8. The van der Waals surface area contributed by atoms with E-state index in [-0.39, 0.29) is 5.69 Å². The summed E-state index contributed by atoms with van der Waals surface area (Å²) in [5, 5.41) is 17.3. The first-order valence-corrected chi connectivity index (χ1v) is 8.80. The first kappa shape index (κ1) is 16.2. The van der Waals surface area contributed by atoms with Crippen LogP contribution in [0.15, 0.2) is 47.8 Å². The van der Waals surface area contributed by atoms with Crippen LogP contribution in [0.5, 0.6) is 0 Å². The molecular formula is C17H14N6O2S. The molecule has 0 saturated heterocycles. The number of hydrogen-bond donors (Lipinski definition) is 1. The summed E-state index contributed by atoms with van der Waals surface area (Å²) in [5.74, 6) is 0.351. The number of carbonyl (C=O) groups excluding carboxylic acids is 1. The molecule has 9 heteroatoms. The number of hydrogen-bond acceptors (Lipinski definition) is 8. The largest absolute Gasteiger partial charge is 0.461 e. The van der Waals surface area contributed by atoms with Crippen LogP contribution in [-0.2, 0) is 4.74 Å². The lowest BCUT2D eigenvalue weighted by Gasteiger charge is -2.02. The van der Waals surface area contributed by atoms with Crippen LogP contribution in [0.3, 0.4) is 0 Å². The van der Waals surface area contributed by atoms with Crippen LogP contribution in [-0.4, -0.2) is 37.4 Å². The SMILES string of the molecule is CCOC(=O)c1ccc(Nc2nc3scc(-c4ccccc4)n3n2)nn1. The minimum Gasteiger partial charge on any atom is -0.461 e. The number of nitrogens with one attached hydrogen (secondary N) is 1. The van der Waals surface area contributed by atoms with E-state index in [1.54, 1.807) is 23.6 Å². The van der Waals surface area contributed by atoms with Gasteiger partial charge in [0, 0.05) is 10.9 Å². The molecule has 3 aromatic heterocycles. The Morgan fingerprint density at radius 2 is 2.04 bits per heavy atom. The zero-order chi connectivity index (χ0) is 17.9. The second-order valence-corrected chi connectivity index (χ2v) is 6.10. The third kappa shape index (κ3) is 3.11. The number of thiazole rings is 1. The monoisotopic (exact) mass is 366 g/mol. The second-order valence-electron chi connectivity index (χ2n) is 5.27. The summed E-state index contributed by atoms with van der Waals surface area (Å²) < 4.78 is 6.66. The maximum Gasteiger partial charge on any atom is 0.358 e. The average Bonchev–Trinajstić information content (AvgIpc) is 3.23. The van der Waals surface area contributed by atoms with Crippen molar-refractivity contribution < 1.29 is 9.53 Å². The fraction of sp³-hybridized carbons (Fsp3) is 0.118. The van der Waals surface area contributed by atoms with Gasteiger partial charge < -0.3 is 10.1 Å². The molecule has 0 atom stereocenters. The number of nitrogens with zero attached hydrogens (tertiary/aromatic N) is 5. The third-order valence-corrected chi connectivity index (χ3v) is 4.36. The number of fused-ring (bicyclic) bond motifs is 1. The maximum absolute atomic E-state index is 11.6. The topological polar surface area (TPSA) is 94.3 Å². The predicted molar refractivity (Wildman–Crippen MR) is 97.6 cm³/mol. The molecule has 0 aliphatic carbocycles. The minimum absolute atomic E-state index is 0.155. The van der Waals surface area contributed by atoms with E-state index in [0.29, 0.717) is 18.4 Å². The molecule has 8 nitrogen and oxygen atoms in total. The van der Waals surface area contributed by atoms with E-state index in [0.717, 1.165) is 16.2 Å². The number of benzene rings is 1. The lowest BCUT2D eigenvalue weighted by molar-refractivity contribution is 0.0518. The van der Waals surface area contributed by atoms with Gasteiger partial charge in [-0.3, -0.25) is 0 Å². The molecule has 0 aliphatic rings. The summed E-state index contributed by atoms with van der Waals surface area (Å²) >= 11 is 1.50. The van der Waals surface area contributed by atoms with Crippen molar-refractivity contribution in [1.82, 2.24) is 24.8 Å². The number of aromatic nitrogens is 5. The van der Waals surface area contributed by atoms with Gasteiger partial charge in [-0.25, -0.2) is 9.31 Å². The lowest BCUT2D eigenvalue weighted by Crippen LogP contribution is -2.08. The zero-order valence-corrected chi connectivity index (χ0v) is 14.6. The average molecular weight is 366 g/mol. The van der Waals surface area contributed by atoms with Crippen LogP contribution in [0, 0.1) is 0 Å². The summed E-state index contributed by atoms with van der Waals surface area (Å²) in [7, 11) is 0. The van der Waals surface area contributed by atoms with Gasteiger partial charge in [0.15, 0.2) is 11.5 Å². The van der Waals surface area contributed by atoms with E-state index in [2.05, 4.69) is 25.6 Å². The van der Waals surface area contributed by atoms with E-state index in [4.69, 9.17) is 4.74 Å². The van der Waals surface area contributed by atoms with Crippen molar-refractivity contribution in [2.75, 3.05) is 11.9 Å². The molecule has 0 saturated carbocycles. The fourth-order valence-corrected chi connectivity index (χ4v) is 3.20. The minimum atomic E-state index is -0.500. The maximum atomic E-state index is 11.6. The van der Waals surface area contributed by atoms with E-state index in [1.165, 1.54) is 11.3 Å². The first-order valence-electron chi connectivity index (χ1n) is 7.92. The number of esters is 1. The Bertz CT molecular complexity index is 1040. The Morgan fingerprint density at radius 3 is 2.77 bits per heavy atom. The first-order chi connectivity index (χ1) is 12.7. The van der Waals surface area contributed by atoms with Crippen LogP contribution in [0.2, 0.25) is 0 Å². The van der Waals surface area contributed by atoms with E-state index >= 15 is 0 Å². The van der Waals surface area contributed by atoms with Crippen molar-refractivity contribution in [2.24, 2.45) is 0 Å². The highest BCUT2D eigenvalue weighted by molar-refractivity contribution is 7.15. The molecule has 130 valence electrons. The Balaban J connectivity index is 1.56. The summed E-state index contributed by atoms with van der Waals surface area (Å²) in [6.45, 7) is 2.03. The molecule has 0 fully saturated rings. The molecule has 3 heterocycles. The normalized spacial score (nSPS) is 10.8. The van der Waals surface area contributed by atoms with Gasteiger partial charge in [0.25, 0.3) is 0 Å². The molecular weight excluding hydrogens is 352 g/mol. The van der Waals surface area contributed by atoms with Gasteiger partial charge in [0.05, 0.1) is 12.3 Å². The van der Waals surface area contributed by atoms with Crippen LogP contribution in [0.1, 0.15) is 17.4 Å². The highest BCUT2D eigenvalue weighted by Gasteiger charge is 2.13. The molecule has 0 spiro atoms. The van der Waals surface area contributed by atoms with Crippen molar-refractivity contribution in [1.29, 1.82) is 0 Å². The molecule has 1 N–H and O–H groups in total. The summed E-state index contributed by atoms with van der Waals surface area (Å²) in [4.78, 5) is 16.8. The third-order valence-electron chi connectivity index (χ3n) is 3.54. The van der Waals surface area contributed by atoms with Crippen molar-refractivity contribution in [3.8, 4) is 11.3 Å². The fourth-order valence-electron chi connectivity index (χ4n) is 2.37. The summed E-state index contributed by atoms with van der Waals surface area (Å²) in [6, 6.07) is 13.2. The van der Waals surface area contributed by atoms with E-state index < -0.39 is 5.97 Å². The Labute approximate surface area is 152 Å². The van der Waals surface area contributed by atoms with Crippen molar-refractivity contribution in [3.63, 3.8) is 0 Å². The summed E-state index contributed by atoms with van der Waals surface area (Å²) in [6.07, 6.45) is 0. The van der Waals surface area contributed by atoms with Gasteiger partial charge in [0.2, 0.25) is 10.9 Å². The van der Waals surface area contributed by atoms with Crippen LogP contribution in [0.4, 0.5) is 11.8 Å². The van der Waals surface area contributed by atoms with Gasteiger partial charge in [-0.05, 0) is 19.1 Å². The number of anilines is 2. The molecule has 4 rings (SSSR count). The molecule has 0 aliphatic heterocycles. The van der Waals surface area contributed by atoms with Crippen molar-refractivity contribution in [2.45, 2.75) is 6.92 Å². The van der Waals surface area contributed by atoms with E-state index in [9.17, 15) is 4.79 Å². The number of carbonyl (C=O) groups is 1. The number of rotatable bonds is 5. The molecule has 26 heavy (non-hydrogen) atoms. The Kier molecular flexibility index (Phi) is 4.28. The Morgan fingerprint density at radius 1 is 1.19 bits per heavy atom. The highest BCUT2D eigenvalue weighted by atomic mass is 32.1. The molecule has 0 amide bonds.